The zero-order valence-electron chi connectivity index (χ0n) is 12.5. The number of hydrogen-bond acceptors (Lipinski definition) is 3. The van der Waals surface area contributed by atoms with E-state index in [1.165, 1.54) is 0 Å². The lowest BCUT2D eigenvalue weighted by Crippen LogP contribution is -2.23. The minimum Gasteiger partial charge on any atom is -0.481 e. The van der Waals surface area contributed by atoms with Crippen LogP contribution in [0.25, 0.3) is 0 Å². The van der Waals surface area contributed by atoms with E-state index < -0.39 is 11.9 Å². The van der Waals surface area contributed by atoms with Crippen LogP contribution in [0.1, 0.15) is 39.9 Å². The van der Waals surface area contributed by atoms with Gasteiger partial charge in [0.25, 0.3) is 5.91 Å². The first-order chi connectivity index (χ1) is 11.0. The molecule has 3 rings (SSSR count). The third kappa shape index (κ3) is 2.55. The first-order valence-electron chi connectivity index (χ1n) is 7.19. The fourth-order valence-corrected chi connectivity index (χ4v) is 2.66. The van der Waals surface area contributed by atoms with Crippen LogP contribution >= 0.6 is 0 Å². The predicted molar refractivity (Wildman–Crippen MR) is 84.2 cm³/mol. The van der Waals surface area contributed by atoms with Gasteiger partial charge in [0.15, 0.2) is 0 Å². The van der Waals surface area contributed by atoms with E-state index in [1.54, 1.807) is 54.3 Å². The number of aliphatic carboxylic acids is 1. The summed E-state index contributed by atoms with van der Waals surface area (Å²) in [5, 5.41) is 18.0. The van der Waals surface area contributed by atoms with E-state index in [9.17, 15) is 9.59 Å². The van der Waals surface area contributed by atoms with Gasteiger partial charge in [-0.25, -0.2) is 0 Å². The second-order valence-electron chi connectivity index (χ2n) is 5.53. The number of carbonyl (C=O) groups is 2. The lowest BCUT2D eigenvalue weighted by atomic mass is 10.0. The molecule has 0 radical (unpaired) electrons. The van der Waals surface area contributed by atoms with Crippen LogP contribution in [0.2, 0.25) is 0 Å². The monoisotopic (exact) mass is 306 g/mol. The minimum absolute atomic E-state index is 0.142. The van der Waals surface area contributed by atoms with E-state index in [1.807, 2.05) is 6.07 Å². The minimum atomic E-state index is -0.883. The van der Waals surface area contributed by atoms with Crippen molar-refractivity contribution in [2.24, 2.45) is 0 Å². The maximum absolute atomic E-state index is 12.5. The number of carboxylic acids is 1. The average molecular weight is 306 g/mol. The molecule has 0 fully saturated rings. The van der Waals surface area contributed by atoms with Gasteiger partial charge in [-0.1, -0.05) is 18.2 Å². The average Bonchev–Trinajstić information content (AvgIpc) is 2.90. The molecule has 0 saturated carbocycles. The van der Waals surface area contributed by atoms with Gasteiger partial charge < -0.3 is 10.0 Å². The molecule has 5 nitrogen and oxygen atoms in total. The predicted octanol–water partition coefficient (Wildman–Crippen LogP) is 2.91. The Hall–Kier alpha value is -3.13. The van der Waals surface area contributed by atoms with Gasteiger partial charge in [0.05, 0.1) is 24.1 Å². The Morgan fingerprint density at radius 1 is 1.26 bits per heavy atom. The molecule has 0 bridgehead atoms. The number of fused-ring (bicyclic) bond motifs is 1. The molecule has 1 aliphatic heterocycles. The molecule has 1 N–H and O–H groups in total. The van der Waals surface area contributed by atoms with Gasteiger partial charge in [0, 0.05) is 11.3 Å². The molecule has 0 spiro atoms. The Morgan fingerprint density at radius 3 is 2.57 bits per heavy atom. The van der Waals surface area contributed by atoms with Gasteiger partial charge in [-0.05, 0) is 42.3 Å². The first-order valence-corrected chi connectivity index (χ1v) is 7.19. The Labute approximate surface area is 133 Å². The van der Waals surface area contributed by atoms with Gasteiger partial charge in [-0.15, -0.1) is 0 Å². The molecule has 1 aliphatic rings. The van der Waals surface area contributed by atoms with Crippen LogP contribution < -0.4 is 4.90 Å². The van der Waals surface area contributed by atoms with Crippen LogP contribution in [0, 0.1) is 11.3 Å². The first kappa shape index (κ1) is 14.8. The van der Waals surface area contributed by atoms with Crippen molar-refractivity contribution in [3.63, 3.8) is 0 Å². The molecule has 23 heavy (non-hydrogen) atoms. The maximum Gasteiger partial charge on any atom is 0.310 e. The van der Waals surface area contributed by atoms with Gasteiger partial charge in [-0.3, -0.25) is 9.59 Å². The van der Waals surface area contributed by atoms with Crippen molar-refractivity contribution in [3.8, 4) is 6.07 Å². The van der Waals surface area contributed by atoms with E-state index in [0.717, 1.165) is 5.56 Å². The van der Waals surface area contributed by atoms with Crippen molar-refractivity contribution in [3.05, 3.63) is 64.7 Å². The smallest absolute Gasteiger partial charge is 0.310 e. The second-order valence-corrected chi connectivity index (χ2v) is 5.53. The molecule has 1 heterocycles. The molecular weight excluding hydrogens is 292 g/mol. The zero-order valence-corrected chi connectivity index (χ0v) is 12.5. The van der Waals surface area contributed by atoms with Crippen molar-refractivity contribution in [1.29, 1.82) is 5.26 Å². The number of rotatable bonds is 3. The van der Waals surface area contributed by atoms with Crippen LogP contribution in [-0.4, -0.2) is 17.0 Å². The van der Waals surface area contributed by atoms with E-state index in [0.29, 0.717) is 28.9 Å². The number of anilines is 1. The number of amides is 1. The van der Waals surface area contributed by atoms with Gasteiger partial charge in [0.1, 0.15) is 0 Å². The van der Waals surface area contributed by atoms with Gasteiger partial charge in [-0.2, -0.15) is 5.26 Å². The van der Waals surface area contributed by atoms with Gasteiger partial charge in [0.2, 0.25) is 0 Å². The quantitative estimate of drug-likeness (QED) is 0.945. The van der Waals surface area contributed by atoms with Crippen LogP contribution in [-0.2, 0) is 11.3 Å². The lowest BCUT2D eigenvalue weighted by molar-refractivity contribution is -0.138. The van der Waals surface area contributed by atoms with Crippen LogP contribution in [0.4, 0.5) is 5.69 Å². The molecule has 1 amide bonds. The SMILES string of the molecule is CC(C(=O)O)c1ccc(N2Cc3ccc(C#N)cc3C2=O)cc1. The largest absolute Gasteiger partial charge is 0.481 e. The standard InChI is InChI=1S/C18H14N2O3/c1-11(18(22)23)13-4-6-15(7-5-13)20-10-14-3-2-12(9-19)8-16(14)17(20)21/h2-8,11H,10H2,1H3,(H,22,23). The molecule has 2 aromatic rings. The summed E-state index contributed by atoms with van der Waals surface area (Å²) in [5.74, 6) is -1.61. The summed E-state index contributed by atoms with van der Waals surface area (Å²) < 4.78 is 0. The summed E-state index contributed by atoms with van der Waals surface area (Å²) in [4.78, 5) is 25.2. The highest BCUT2D eigenvalue weighted by molar-refractivity contribution is 6.10. The summed E-state index contributed by atoms with van der Waals surface area (Å²) in [6, 6.07) is 14.1. The Bertz CT molecular complexity index is 834. The topological polar surface area (TPSA) is 81.4 Å². The molecule has 1 atom stereocenters. The fraction of sp³-hybridized carbons (Fsp3) is 0.167. The van der Waals surface area contributed by atoms with Crippen molar-refractivity contribution < 1.29 is 14.7 Å². The summed E-state index contributed by atoms with van der Waals surface area (Å²) in [7, 11) is 0. The van der Waals surface area contributed by atoms with Crippen LogP contribution in [0.3, 0.4) is 0 Å². The summed E-state index contributed by atoms with van der Waals surface area (Å²) in [5.41, 5.74) is 3.30. The highest BCUT2D eigenvalue weighted by atomic mass is 16.4. The molecule has 0 saturated heterocycles. The van der Waals surface area contributed by atoms with Crippen molar-refractivity contribution in [2.45, 2.75) is 19.4 Å². The van der Waals surface area contributed by atoms with E-state index in [4.69, 9.17) is 10.4 Å². The second kappa shape index (κ2) is 5.58. The molecule has 1 unspecified atom stereocenters. The normalized spacial score (nSPS) is 14.3. The molecular formula is C18H14N2O3. The number of nitriles is 1. The maximum atomic E-state index is 12.5. The molecule has 2 aromatic carbocycles. The number of nitrogens with zero attached hydrogens (tertiary/aromatic N) is 2. The highest BCUT2D eigenvalue weighted by Crippen LogP contribution is 2.30. The summed E-state index contributed by atoms with van der Waals surface area (Å²) in [6.45, 7) is 2.07. The number of carbonyl (C=O) groups excluding carboxylic acids is 1. The third-order valence-corrected chi connectivity index (χ3v) is 4.12. The van der Waals surface area contributed by atoms with E-state index in [-0.39, 0.29) is 5.91 Å². The Kier molecular flexibility index (Phi) is 3.59. The van der Waals surface area contributed by atoms with Crippen LogP contribution in [0.5, 0.6) is 0 Å². The highest BCUT2D eigenvalue weighted by Gasteiger charge is 2.28. The molecule has 114 valence electrons. The fourth-order valence-electron chi connectivity index (χ4n) is 2.66. The molecule has 5 heteroatoms. The van der Waals surface area contributed by atoms with E-state index >= 15 is 0 Å². The third-order valence-electron chi connectivity index (χ3n) is 4.12. The zero-order chi connectivity index (χ0) is 16.6. The molecule has 0 aliphatic carbocycles. The van der Waals surface area contributed by atoms with Crippen molar-refractivity contribution in [1.82, 2.24) is 0 Å². The number of benzene rings is 2. The lowest BCUT2D eigenvalue weighted by Gasteiger charge is -2.16. The number of carboxylic acid groups (broad SMARTS) is 1. The van der Waals surface area contributed by atoms with E-state index in [2.05, 4.69) is 0 Å². The Morgan fingerprint density at radius 2 is 1.96 bits per heavy atom. The Balaban J connectivity index is 1.88. The summed E-state index contributed by atoms with van der Waals surface area (Å²) >= 11 is 0. The summed E-state index contributed by atoms with van der Waals surface area (Å²) in [6.07, 6.45) is 0. The number of hydrogen-bond donors (Lipinski definition) is 1. The van der Waals surface area contributed by atoms with Crippen molar-refractivity contribution >= 4 is 17.6 Å². The van der Waals surface area contributed by atoms with Crippen LogP contribution in [0.15, 0.2) is 42.5 Å². The van der Waals surface area contributed by atoms with Gasteiger partial charge >= 0.3 is 5.97 Å². The molecule has 0 aromatic heterocycles. The van der Waals surface area contributed by atoms with Crippen molar-refractivity contribution in [2.75, 3.05) is 4.90 Å².